The van der Waals surface area contributed by atoms with E-state index in [1.807, 2.05) is 6.92 Å². The average molecular weight is 240 g/mol. The van der Waals surface area contributed by atoms with E-state index in [1.54, 1.807) is 13.8 Å². The smallest absolute Gasteiger partial charge is 0.337 e. The number of ether oxygens (including phenoxy) is 2. The molecule has 0 aromatic rings. The SMILES string of the molecule is C=CC(=O)OC(C)(C)C(=C)C(=O)OCCCC. The van der Waals surface area contributed by atoms with E-state index in [9.17, 15) is 9.59 Å². The lowest BCUT2D eigenvalue weighted by Crippen LogP contribution is -2.33. The summed E-state index contributed by atoms with van der Waals surface area (Å²) in [5, 5.41) is 0. The minimum Gasteiger partial charge on any atom is -0.462 e. The third kappa shape index (κ3) is 5.33. The molecule has 96 valence electrons. The Kier molecular flexibility index (Phi) is 6.25. The van der Waals surface area contributed by atoms with Crippen molar-refractivity contribution in [3.8, 4) is 0 Å². The molecule has 0 aromatic carbocycles. The lowest BCUT2D eigenvalue weighted by Gasteiger charge is -2.25. The van der Waals surface area contributed by atoms with Crippen molar-refractivity contribution in [1.82, 2.24) is 0 Å². The predicted octanol–water partition coefficient (Wildman–Crippen LogP) is 2.39. The van der Waals surface area contributed by atoms with Gasteiger partial charge in [-0.3, -0.25) is 0 Å². The molecule has 0 aliphatic heterocycles. The van der Waals surface area contributed by atoms with E-state index >= 15 is 0 Å². The van der Waals surface area contributed by atoms with E-state index in [0.29, 0.717) is 6.61 Å². The highest BCUT2D eigenvalue weighted by Gasteiger charge is 2.31. The first-order valence-corrected chi connectivity index (χ1v) is 5.57. The van der Waals surface area contributed by atoms with E-state index < -0.39 is 17.5 Å². The summed E-state index contributed by atoms with van der Waals surface area (Å²) < 4.78 is 10.0. The lowest BCUT2D eigenvalue weighted by molar-refractivity contribution is -0.151. The van der Waals surface area contributed by atoms with Crippen molar-refractivity contribution in [1.29, 1.82) is 0 Å². The average Bonchev–Trinajstić information content (AvgIpc) is 2.27. The lowest BCUT2D eigenvalue weighted by atomic mass is 9.99. The summed E-state index contributed by atoms with van der Waals surface area (Å²) in [6.07, 6.45) is 2.78. The molecule has 0 aliphatic rings. The quantitative estimate of drug-likeness (QED) is 0.389. The molecule has 0 unspecified atom stereocenters. The summed E-state index contributed by atoms with van der Waals surface area (Å²) in [5.41, 5.74) is -0.974. The standard InChI is InChI=1S/C13H20O4/c1-6-8-9-16-12(15)10(3)13(4,5)17-11(14)7-2/h7H,2-3,6,8-9H2,1,4-5H3. The summed E-state index contributed by atoms with van der Waals surface area (Å²) in [4.78, 5) is 22.7. The maximum Gasteiger partial charge on any atom is 0.337 e. The summed E-state index contributed by atoms with van der Waals surface area (Å²) in [6, 6.07) is 0. The van der Waals surface area contributed by atoms with Gasteiger partial charge in [-0.25, -0.2) is 9.59 Å². The van der Waals surface area contributed by atoms with Crippen LogP contribution in [0.2, 0.25) is 0 Å². The molecule has 0 N–H and O–H groups in total. The largest absolute Gasteiger partial charge is 0.462 e. The van der Waals surface area contributed by atoms with Crippen LogP contribution in [0.1, 0.15) is 33.6 Å². The van der Waals surface area contributed by atoms with Gasteiger partial charge in [0.1, 0.15) is 5.60 Å². The molecular weight excluding hydrogens is 220 g/mol. The second-order valence-electron chi connectivity index (χ2n) is 4.10. The molecule has 0 saturated carbocycles. The monoisotopic (exact) mass is 240 g/mol. The third-order valence-corrected chi connectivity index (χ3v) is 2.23. The molecule has 17 heavy (non-hydrogen) atoms. The van der Waals surface area contributed by atoms with Crippen LogP contribution in [-0.4, -0.2) is 24.1 Å². The van der Waals surface area contributed by atoms with Crippen LogP contribution >= 0.6 is 0 Å². The molecule has 0 rings (SSSR count). The second kappa shape index (κ2) is 6.89. The zero-order valence-corrected chi connectivity index (χ0v) is 10.7. The van der Waals surface area contributed by atoms with Gasteiger partial charge in [0.05, 0.1) is 12.2 Å². The first-order valence-electron chi connectivity index (χ1n) is 5.57. The number of carbonyl (C=O) groups excluding carboxylic acids is 2. The topological polar surface area (TPSA) is 52.6 Å². The minimum absolute atomic E-state index is 0.115. The first-order chi connectivity index (χ1) is 7.85. The summed E-state index contributed by atoms with van der Waals surface area (Å²) in [6.45, 7) is 12.4. The number of hydrogen-bond donors (Lipinski definition) is 0. The van der Waals surface area contributed by atoms with E-state index in [4.69, 9.17) is 9.47 Å². The summed E-state index contributed by atoms with van der Waals surface area (Å²) in [5.74, 6) is -1.14. The van der Waals surface area contributed by atoms with Crippen molar-refractivity contribution in [3.63, 3.8) is 0 Å². The van der Waals surface area contributed by atoms with Gasteiger partial charge in [0.25, 0.3) is 0 Å². The summed E-state index contributed by atoms with van der Waals surface area (Å²) >= 11 is 0. The Labute approximate surface area is 102 Å². The molecule has 0 fully saturated rings. The number of rotatable bonds is 7. The van der Waals surface area contributed by atoms with Crippen molar-refractivity contribution in [2.75, 3.05) is 6.61 Å². The molecule has 0 spiro atoms. The zero-order valence-electron chi connectivity index (χ0n) is 10.7. The molecule has 0 bridgehead atoms. The highest BCUT2D eigenvalue weighted by Crippen LogP contribution is 2.21. The molecule has 0 aromatic heterocycles. The van der Waals surface area contributed by atoms with Crippen molar-refractivity contribution in [2.45, 2.75) is 39.2 Å². The number of carbonyl (C=O) groups is 2. The van der Waals surface area contributed by atoms with E-state index in [2.05, 4.69) is 13.2 Å². The van der Waals surface area contributed by atoms with E-state index in [1.165, 1.54) is 0 Å². The highest BCUT2D eigenvalue weighted by atomic mass is 16.6. The molecule has 0 aliphatic carbocycles. The summed E-state index contributed by atoms with van der Waals surface area (Å²) in [7, 11) is 0. The normalized spacial score (nSPS) is 10.5. The predicted molar refractivity (Wildman–Crippen MR) is 65.4 cm³/mol. The molecule has 4 heteroatoms. The minimum atomic E-state index is -1.09. The Balaban J connectivity index is 4.40. The van der Waals surface area contributed by atoms with Crippen LogP contribution in [0, 0.1) is 0 Å². The molecule has 0 heterocycles. The van der Waals surface area contributed by atoms with E-state index in [0.717, 1.165) is 18.9 Å². The Bertz CT molecular complexity index is 315. The van der Waals surface area contributed by atoms with Gasteiger partial charge in [-0.2, -0.15) is 0 Å². The van der Waals surface area contributed by atoms with Crippen molar-refractivity contribution >= 4 is 11.9 Å². The van der Waals surface area contributed by atoms with Gasteiger partial charge in [-0.05, 0) is 20.3 Å². The van der Waals surface area contributed by atoms with Crippen LogP contribution in [0.15, 0.2) is 24.8 Å². The fourth-order valence-corrected chi connectivity index (χ4v) is 0.997. The molecular formula is C13H20O4. The molecule has 0 amide bonds. The van der Waals surface area contributed by atoms with Crippen molar-refractivity contribution in [2.24, 2.45) is 0 Å². The number of esters is 2. The van der Waals surface area contributed by atoms with Gasteiger partial charge in [0.15, 0.2) is 0 Å². The van der Waals surface area contributed by atoms with Crippen LogP contribution in [0.4, 0.5) is 0 Å². The van der Waals surface area contributed by atoms with Gasteiger partial charge in [-0.15, -0.1) is 0 Å². The Morgan fingerprint density at radius 2 is 1.94 bits per heavy atom. The van der Waals surface area contributed by atoms with Crippen molar-refractivity contribution < 1.29 is 19.1 Å². The van der Waals surface area contributed by atoms with Gasteiger partial charge in [0, 0.05) is 6.08 Å². The zero-order chi connectivity index (χ0) is 13.5. The van der Waals surface area contributed by atoms with Gasteiger partial charge in [0.2, 0.25) is 0 Å². The molecule has 0 radical (unpaired) electrons. The number of unbranched alkanes of at least 4 members (excludes halogenated alkanes) is 1. The van der Waals surface area contributed by atoms with Gasteiger partial charge in [-0.1, -0.05) is 26.5 Å². The van der Waals surface area contributed by atoms with Gasteiger partial charge >= 0.3 is 11.9 Å². The first kappa shape index (κ1) is 15.4. The molecule has 0 saturated heterocycles. The molecule has 0 atom stereocenters. The maximum absolute atomic E-state index is 11.6. The van der Waals surface area contributed by atoms with E-state index in [-0.39, 0.29) is 5.57 Å². The van der Waals surface area contributed by atoms with Crippen molar-refractivity contribution in [3.05, 3.63) is 24.8 Å². The Morgan fingerprint density at radius 1 is 1.35 bits per heavy atom. The fourth-order valence-electron chi connectivity index (χ4n) is 0.997. The Hall–Kier alpha value is -1.58. The maximum atomic E-state index is 11.6. The van der Waals surface area contributed by atoms with Gasteiger partial charge < -0.3 is 9.47 Å². The molecule has 4 nitrogen and oxygen atoms in total. The highest BCUT2D eigenvalue weighted by molar-refractivity contribution is 5.91. The van der Waals surface area contributed by atoms with Crippen LogP contribution in [-0.2, 0) is 19.1 Å². The van der Waals surface area contributed by atoms with Crippen LogP contribution in [0.25, 0.3) is 0 Å². The van der Waals surface area contributed by atoms with Crippen LogP contribution in [0.5, 0.6) is 0 Å². The fraction of sp³-hybridized carbons (Fsp3) is 0.538. The second-order valence-corrected chi connectivity index (χ2v) is 4.10. The van der Waals surface area contributed by atoms with Crippen LogP contribution in [0.3, 0.4) is 0 Å². The number of hydrogen-bond acceptors (Lipinski definition) is 4. The van der Waals surface area contributed by atoms with Crippen LogP contribution < -0.4 is 0 Å². The third-order valence-electron chi connectivity index (χ3n) is 2.23. The Morgan fingerprint density at radius 3 is 2.41 bits per heavy atom.